The third-order valence-electron chi connectivity index (χ3n) is 6.41. The molecule has 3 heterocycles. The molecule has 10 heteroatoms. The minimum absolute atomic E-state index is 0.259. The number of nitrogens with zero attached hydrogens (tertiary/aromatic N) is 2. The highest BCUT2D eigenvalue weighted by Crippen LogP contribution is 2.34. The van der Waals surface area contributed by atoms with Crippen molar-refractivity contribution in [3.05, 3.63) is 124 Å². The second kappa shape index (κ2) is 9.50. The summed E-state index contributed by atoms with van der Waals surface area (Å²) >= 11 is 10.7. The molecule has 2 amide bonds. The minimum atomic E-state index is -0.770. The summed E-state index contributed by atoms with van der Waals surface area (Å²) in [7, 11) is 0. The molecule has 38 heavy (non-hydrogen) atoms. The van der Waals surface area contributed by atoms with Gasteiger partial charge in [-0.3, -0.25) is 19.0 Å². The number of carbonyl (C=O) groups is 2. The van der Waals surface area contributed by atoms with Crippen LogP contribution in [0.5, 0.6) is 0 Å². The summed E-state index contributed by atoms with van der Waals surface area (Å²) in [5, 5.41) is 6.29. The number of anilines is 2. The van der Waals surface area contributed by atoms with Gasteiger partial charge in [-0.25, -0.2) is 4.99 Å². The molecule has 188 valence electrons. The van der Waals surface area contributed by atoms with Crippen molar-refractivity contribution in [1.29, 1.82) is 0 Å². The van der Waals surface area contributed by atoms with E-state index >= 15 is 0 Å². The fourth-order valence-corrected chi connectivity index (χ4v) is 6.34. The lowest BCUT2D eigenvalue weighted by Crippen LogP contribution is -2.41. The Morgan fingerprint density at radius 3 is 2.55 bits per heavy atom. The highest BCUT2D eigenvalue weighted by Gasteiger charge is 2.34. The first-order chi connectivity index (χ1) is 18.3. The van der Waals surface area contributed by atoms with Crippen molar-refractivity contribution in [2.24, 2.45) is 4.99 Å². The summed E-state index contributed by atoms with van der Waals surface area (Å²) in [6, 6.07) is 20.7. The minimum Gasteiger partial charge on any atom is -0.322 e. The SMILES string of the molecule is CC1=C(C(=O)Nc2ccccc2)[C@H](c2ccc(Cl)cc2)n2c(s/c(=C3\C(=O)Nc4ccc(Br)cc43)c2=O)=N1. The lowest BCUT2D eigenvalue weighted by atomic mass is 9.95. The Morgan fingerprint density at radius 1 is 1.08 bits per heavy atom. The zero-order valence-electron chi connectivity index (χ0n) is 19.8. The molecule has 0 aliphatic carbocycles. The number of benzene rings is 3. The van der Waals surface area contributed by atoms with E-state index < -0.39 is 11.6 Å². The van der Waals surface area contributed by atoms with Gasteiger partial charge in [0.05, 0.1) is 22.9 Å². The van der Waals surface area contributed by atoms with Gasteiger partial charge in [-0.1, -0.05) is 69.2 Å². The van der Waals surface area contributed by atoms with Crippen molar-refractivity contribution >= 4 is 67.6 Å². The highest BCUT2D eigenvalue weighted by molar-refractivity contribution is 9.10. The Hall–Kier alpha value is -3.79. The van der Waals surface area contributed by atoms with Crippen LogP contribution in [0.3, 0.4) is 0 Å². The Bertz CT molecular complexity index is 1860. The second-order valence-corrected chi connectivity index (χ2v) is 11.1. The van der Waals surface area contributed by atoms with E-state index in [0.717, 1.165) is 15.8 Å². The maximum atomic E-state index is 14.0. The van der Waals surface area contributed by atoms with Crippen LogP contribution >= 0.6 is 38.9 Å². The van der Waals surface area contributed by atoms with E-state index in [0.29, 0.717) is 43.6 Å². The number of amides is 2. The molecule has 0 radical (unpaired) electrons. The lowest BCUT2D eigenvalue weighted by molar-refractivity contribution is -0.113. The van der Waals surface area contributed by atoms with Gasteiger partial charge in [0, 0.05) is 26.4 Å². The summed E-state index contributed by atoms with van der Waals surface area (Å²) in [6.45, 7) is 1.75. The third-order valence-corrected chi connectivity index (χ3v) is 8.21. The molecule has 2 aliphatic heterocycles. The van der Waals surface area contributed by atoms with E-state index in [4.69, 9.17) is 11.6 Å². The molecule has 2 aliphatic rings. The van der Waals surface area contributed by atoms with Crippen LogP contribution in [-0.4, -0.2) is 16.4 Å². The molecule has 1 atom stereocenters. The van der Waals surface area contributed by atoms with Gasteiger partial charge in [-0.05, 0) is 55.0 Å². The van der Waals surface area contributed by atoms with Crippen molar-refractivity contribution in [3.63, 3.8) is 0 Å². The number of carbonyl (C=O) groups excluding carboxylic acids is 2. The van der Waals surface area contributed by atoms with Crippen molar-refractivity contribution in [2.75, 3.05) is 10.6 Å². The van der Waals surface area contributed by atoms with Crippen LogP contribution in [0.2, 0.25) is 5.02 Å². The average Bonchev–Trinajstić information content (AvgIpc) is 3.38. The molecule has 0 unspecified atom stereocenters. The quantitative estimate of drug-likeness (QED) is 0.357. The van der Waals surface area contributed by atoms with Gasteiger partial charge in [0.2, 0.25) is 0 Å². The molecule has 0 fully saturated rings. The van der Waals surface area contributed by atoms with Crippen LogP contribution in [0, 0.1) is 0 Å². The van der Waals surface area contributed by atoms with Gasteiger partial charge in [0.25, 0.3) is 17.4 Å². The number of nitrogens with one attached hydrogen (secondary N) is 2. The van der Waals surface area contributed by atoms with Crippen LogP contribution in [-0.2, 0) is 9.59 Å². The second-order valence-electron chi connectivity index (χ2n) is 8.79. The molecular weight excluding hydrogens is 588 g/mol. The van der Waals surface area contributed by atoms with E-state index in [1.807, 2.05) is 24.3 Å². The molecule has 0 saturated heterocycles. The summed E-state index contributed by atoms with van der Waals surface area (Å²) in [5.74, 6) is -0.729. The largest absolute Gasteiger partial charge is 0.322 e. The zero-order chi connectivity index (χ0) is 26.6. The molecule has 3 aromatic carbocycles. The molecule has 7 nitrogen and oxygen atoms in total. The Labute approximate surface area is 233 Å². The van der Waals surface area contributed by atoms with Crippen molar-refractivity contribution in [3.8, 4) is 0 Å². The maximum absolute atomic E-state index is 14.0. The van der Waals surface area contributed by atoms with Gasteiger partial charge in [-0.2, -0.15) is 0 Å². The van der Waals surface area contributed by atoms with Crippen LogP contribution in [0.4, 0.5) is 11.4 Å². The summed E-state index contributed by atoms with van der Waals surface area (Å²) < 4.78 is 2.54. The monoisotopic (exact) mass is 604 g/mol. The summed E-state index contributed by atoms with van der Waals surface area (Å²) in [5.41, 5.74) is 3.29. The number of hydrogen-bond donors (Lipinski definition) is 2. The number of hydrogen-bond acceptors (Lipinski definition) is 5. The fraction of sp³-hybridized carbons (Fsp3) is 0.0714. The first-order valence-corrected chi connectivity index (χ1v) is 13.6. The molecular formula is C28H18BrClN4O3S. The van der Waals surface area contributed by atoms with Gasteiger partial charge >= 0.3 is 0 Å². The average molecular weight is 606 g/mol. The van der Waals surface area contributed by atoms with Crippen molar-refractivity contribution in [2.45, 2.75) is 13.0 Å². The first-order valence-electron chi connectivity index (χ1n) is 11.6. The Morgan fingerprint density at radius 2 is 1.82 bits per heavy atom. The van der Waals surface area contributed by atoms with Crippen LogP contribution in [0.25, 0.3) is 5.57 Å². The normalized spacial score (nSPS) is 17.4. The number of rotatable bonds is 3. The predicted molar refractivity (Wildman–Crippen MR) is 152 cm³/mol. The summed E-state index contributed by atoms with van der Waals surface area (Å²) in [4.78, 5) is 45.7. The number of allylic oxidation sites excluding steroid dienone is 1. The summed E-state index contributed by atoms with van der Waals surface area (Å²) in [6.07, 6.45) is 0. The van der Waals surface area contributed by atoms with E-state index in [2.05, 4.69) is 31.6 Å². The van der Waals surface area contributed by atoms with Gasteiger partial charge in [-0.15, -0.1) is 0 Å². The Balaban J connectivity index is 1.59. The third kappa shape index (κ3) is 4.13. The molecule has 1 aromatic heterocycles. The number of aromatic nitrogens is 1. The molecule has 2 N–H and O–H groups in total. The van der Waals surface area contributed by atoms with Gasteiger partial charge < -0.3 is 10.6 Å². The van der Waals surface area contributed by atoms with Crippen LogP contribution in [0.15, 0.2) is 98.3 Å². The predicted octanol–water partition coefficient (Wildman–Crippen LogP) is 4.61. The molecule has 0 bridgehead atoms. The molecule has 0 saturated carbocycles. The van der Waals surface area contributed by atoms with Crippen molar-refractivity contribution < 1.29 is 9.59 Å². The topological polar surface area (TPSA) is 92.6 Å². The maximum Gasteiger partial charge on any atom is 0.271 e. The van der Waals surface area contributed by atoms with Gasteiger partial charge in [0.15, 0.2) is 4.80 Å². The van der Waals surface area contributed by atoms with Crippen LogP contribution in [0.1, 0.15) is 24.1 Å². The van der Waals surface area contributed by atoms with E-state index in [9.17, 15) is 14.4 Å². The van der Waals surface area contributed by atoms with E-state index in [-0.39, 0.29) is 21.9 Å². The zero-order valence-corrected chi connectivity index (χ0v) is 22.9. The number of halogens is 2. The highest BCUT2D eigenvalue weighted by atomic mass is 79.9. The van der Waals surface area contributed by atoms with Crippen LogP contribution < -0.4 is 25.5 Å². The lowest BCUT2D eigenvalue weighted by Gasteiger charge is -2.25. The standard InChI is InChI=1S/C28H18BrClN4O3S/c1-14-21(25(35)32-18-5-3-2-4-6-18)23(15-7-10-17(30)11-8-15)34-27(37)24(38-28(34)31-14)22-19-13-16(29)9-12-20(19)33-26(22)36/h2-13,23H,1H3,(H,32,35)(H,33,36)/b24-22-/t23-/m0/s1. The van der Waals surface area contributed by atoms with E-state index in [1.54, 1.807) is 55.5 Å². The number of fused-ring (bicyclic) bond motifs is 2. The molecule has 0 spiro atoms. The Kier molecular flexibility index (Phi) is 6.14. The number of thiazole rings is 1. The molecule has 4 aromatic rings. The smallest absolute Gasteiger partial charge is 0.271 e. The number of para-hydroxylation sites is 1. The van der Waals surface area contributed by atoms with E-state index in [1.165, 1.54) is 4.57 Å². The van der Waals surface area contributed by atoms with Gasteiger partial charge in [0.1, 0.15) is 4.53 Å². The first kappa shape index (κ1) is 24.5. The molecule has 6 rings (SSSR count). The fourth-order valence-electron chi connectivity index (χ4n) is 4.71. The van der Waals surface area contributed by atoms with Crippen molar-refractivity contribution in [1.82, 2.24) is 4.57 Å².